The van der Waals surface area contributed by atoms with Crippen LogP contribution in [0, 0.1) is 0 Å². The highest BCUT2D eigenvalue weighted by atomic mass is 16.5. The fourth-order valence-corrected chi connectivity index (χ4v) is 2.61. The van der Waals surface area contributed by atoms with Crippen LogP contribution in [-0.2, 0) is 14.3 Å². The maximum absolute atomic E-state index is 12.2. The molecule has 0 aromatic rings. The zero-order valence-electron chi connectivity index (χ0n) is 10.1. The Hall–Kier alpha value is -1.10. The molecule has 0 aromatic heterocycles. The number of aliphatic carboxylic acids is 1. The van der Waals surface area contributed by atoms with Gasteiger partial charge >= 0.3 is 5.97 Å². The lowest BCUT2D eigenvalue weighted by Crippen LogP contribution is -2.47. The summed E-state index contributed by atoms with van der Waals surface area (Å²) in [5.74, 6) is -0.993. The Balaban J connectivity index is 1.94. The third-order valence-electron chi connectivity index (χ3n) is 3.66. The number of hydrogen-bond acceptors (Lipinski definition) is 3. The standard InChI is InChI=1S/C12H19NO4/c1-8-4-2-3-7-13(8)11(14)9-5-6-10(17-9)12(15)16/h8-10H,2-7H2,1H3,(H,15,16). The molecule has 5 heteroatoms. The quantitative estimate of drug-likeness (QED) is 0.783. The summed E-state index contributed by atoms with van der Waals surface area (Å²) in [6.07, 6.45) is 2.84. The highest BCUT2D eigenvalue weighted by Crippen LogP contribution is 2.25. The van der Waals surface area contributed by atoms with E-state index < -0.39 is 18.2 Å². The first-order chi connectivity index (χ1) is 8.09. The van der Waals surface area contributed by atoms with E-state index in [1.807, 2.05) is 11.8 Å². The Kier molecular flexibility index (Phi) is 3.66. The van der Waals surface area contributed by atoms with Gasteiger partial charge in [-0.15, -0.1) is 0 Å². The maximum atomic E-state index is 12.2. The number of likely N-dealkylation sites (tertiary alicyclic amines) is 1. The van der Waals surface area contributed by atoms with Crippen molar-refractivity contribution in [3.63, 3.8) is 0 Å². The van der Waals surface area contributed by atoms with Crippen LogP contribution in [0.25, 0.3) is 0 Å². The van der Waals surface area contributed by atoms with Crippen LogP contribution in [0.15, 0.2) is 0 Å². The summed E-state index contributed by atoms with van der Waals surface area (Å²) < 4.78 is 5.30. The Morgan fingerprint density at radius 1 is 1.18 bits per heavy atom. The van der Waals surface area contributed by atoms with Gasteiger partial charge in [-0.1, -0.05) is 0 Å². The molecule has 5 nitrogen and oxygen atoms in total. The fourth-order valence-electron chi connectivity index (χ4n) is 2.61. The lowest BCUT2D eigenvalue weighted by atomic mass is 10.0. The zero-order chi connectivity index (χ0) is 12.4. The van der Waals surface area contributed by atoms with Crippen molar-refractivity contribution < 1.29 is 19.4 Å². The highest BCUT2D eigenvalue weighted by Gasteiger charge is 2.38. The van der Waals surface area contributed by atoms with Gasteiger partial charge in [-0.3, -0.25) is 4.79 Å². The molecule has 1 amide bonds. The molecule has 2 saturated heterocycles. The first kappa shape index (κ1) is 12.4. The van der Waals surface area contributed by atoms with E-state index in [4.69, 9.17) is 9.84 Å². The normalized spacial score (nSPS) is 33.7. The molecular formula is C12H19NO4. The van der Waals surface area contributed by atoms with E-state index in [2.05, 4.69) is 0 Å². The van der Waals surface area contributed by atoms with Crippen molar-refractivity contribution in [1.29, 1.82) is 0 Å². The number of carboxylic acid groups (broad SMARTS) is 1. The molecule has 0 spiro atoms. The number of ether oxygens (including phenoxy) is 1. The van der Waals surface area contributed by atoms with Gasteiger partial charge < -0.3 is 14.7 Å². The van der Waals surface area contributed by atoms with Crippen molar-refractivity contribution in [2.75, 3.05) is 6.54 Å². The Labute approximate surface area is 101 Å². The van der Waals surface area contributed by atoms with E-state index in [1.165, 1.54) is 0 Å². The van der Waals surface area contributed by atoms with Gasteiger partial charge in [-0.05, 0) is 39.0 Å². The summed E-state index contributed by atoms with van der Waals surface area (Å²) in [4.78, 5) is 24.8. The number of piperidine rings is 1. The van der Waals surface area contributed by atoms with Crippen LogP contribution in [-0.4, -0.2) is 46.7 Å². The lowest BCUT2D eigenvalue weighted by molar-refractivity contribution is -0.156. The molecule has 96 valence electrons. The predicted molar refractivity (Wildman–Crippen MR) is 60.6 cm³/mol. The van der Waals surface area contributed by atoms with Crippen molar-refractivity contribution >= 4 is 11.9 Å². The van der Waals surface area contributed by atoms with Crippen LogP contribution < -0.4 is 0 Å². The second kappa shape index (κ2) is 5.04. The summed E-state index contributed by atoms with van der Waals surface area (Å²) in [5, 5.41) is 8.83. The highest BCUT2D eigenvalue weighted by molar-refractivity contribution is 5.83. The fraction of sp³-hybridized carbons (Fsp3) is 0.833. The van der Waals surface area contributed by atoms with Gasteiger partial charge in [0.1, 0.15) is 6.10 Å². The third kappa shape index (κ3) is 2.60. The molecular weight excluding hydrogens is 222 g/mol. The third-order valence-corrected chi connectivity index (χ3v) is 3.66. The summed E-state index contributed by atoms with van der Waals surface area (Å²) in [7, 11) is 0. The van der Waals surface area contributed by atoms with Crippen LogP contribution in [0.5, 0.6) is 0 Å². The molecule has 0 aliphatic carbocycles. The van der Waals surface area contributed by atoms with E-state index in [9.17, 15) is 9.59 Å². The summed E-state index contributed by atoms with van der Waals surface area (Å²) >= 11 is 0. The molecule has 1 N–H and O–H groups in total. The van der Waals surface area contributed by atoms with Crippen LogP contribution in [0.1, 0.15) is 39.0 Å². The first-order valence-electron chi connectivity index (χ1n) is 6.28. The van der Waals surface area contributed by atoms with Gasteiger partial charge in [0.15, 0.2) is 6.10 Å². The van der Waals surface area contributed by atoms with Crippen molar-refractivity contribution in [2.45, 2.75) is 57.3 Å². The van der Waals surface area contributed by atoms with E-state index in [1.54, 1.807) is 0 Å². The predicted octanol–water partition coefficient (Wildman–Crippen LogP) is 1.02. The van der Waals surface area contributed by atoms with Crippen molar-refractivity contribution in [1.82, 2.24) is 4.90 Å². The summed E-state index contributed by atoms with van der Waals surface area (Å²) in [5.41, 5.74) is 0. The zero-order valence-corrected chi connectivity index (χ0v) is 10.1. The van der Waals surface area contributed by atoms with Gasteiger partial charge in [0.05, 0.1) is 0 Å². The van der Waals surface area contributed by atoms with E-state index in [-0.39, 0.29) is 11.9 Å². The van der Waals surface area contributed by atoms with Crippen LogP contribution in [0.3, 0.4) is 0 Å². The monoisotopic (exact) mass is 241 g/mol. The first-order valence-corrected chi connectivity index (χ1v) is 6.28. The minimum Gasteiger partial charge on any atom is -0.479 e. The molecule has 2 fully saturated rings. The number of amides is 1. The van der Waals surface area contributed by atoms with E-state index >= 15 is 0 Å². The van der Waals surface area contributed by atoms with Crippen LogP contribution in [0.2, 0.25) is 0 Å². The molecule has 2 aliphatic heterocycles. The van der Waals surface area contributed by atoms with Crippen LogP contribution in [0.4, 0.5) is 0 Å². The Morgan fingerprint density at radius 3 is 2.47 bits per heavy atom. The summed E-state index contributed by atoms with van der Waals surface area (Å²) in [6, 6.07) is 0.253. The maximum Gasteiger partial charge on any atom is 0.332 e. The van der Waals surface area contributed by atoms with E-state index in [0.717, 1.165) is 25.8 Å². The van der Waals surface area contributed by atoms with Gasteiger partial charge in [0, 0.05) is 12.6 Å². The Morgan fingerprint density at radius 2 is 1.88 bits per heavy atom. The van der Waals surface area contributed by atoms with Crippen molar-refractivity contribution in [3.05, 3.63) is 0 Å². The van der Waals surface area contributed by atoms with Gasteiger partial charge in [-0.2, -0.15) is 0 Å². The Bertz CT molecular complexity index is 318. The smallest absolute Gasteiger partial charge is 0.332 e. The largest absolute Gasteiger partial charge is 0.479 e. The molecule has 3 unspecified atom stereocenters. The van der Waals surface area contributed by atoms with E-state index in [0.29, 0.717) is 12.8 Å². The molecule has 0 radical (unpaired) electrons. The minimum atomic E-state index is -0.966. The van der Waals surface area contributed by atoms with Gasteiger partial charge in [0.2, 0.25) is 0 Å². The second-order valence-electron chi connectivity index (χ2n) is 4.91. The number of carboxylic acids is 1. The number of rotatable bonds is 2. The summed E-state index contributed by atoms with van der Waals surface area (Å²) in [6.45, 7) is 2.82. The molecule has 0 saturated carbocycles. The molecule has 2 rings (SSSR count). The molecule has 0 bridgehead atoms. The molecule has 0 aromatic carbocycles. The second-order valence-corrected chi connectivity index (χ2v) is 4.91. The number of hydrogen-bond donors (Lipinski definition) is 1. The minimum absolute atomic E-state index is 0.0269. The molecule has 2 heterocycles. The number of carbonyl (C=O) groups excluding carboxylic acids is 1. The van der Waals surface area contributed by atoms with Crippen molar-refractivity contribution in [2.24, 2.45) is 0 Å². The topological polar surface area (TPSA) is 66.8 Å². The molecule has 3 atom stereocenters. The van der Waals surface area contributed by atoms with Gasteiger partial charge in [-0.25, -0.2) is 4.79 Å². The average Bonchev–Trinajstić information content (AvgIpc) is 2.78. The average molecular weight is 241 g/mol. The van der Waals surface area contributed by atoms with Crippen molar-refractivity contribution in [3.8, 4) is 0 Å². The molecule has 2 aliphatic rings. The van der Waals surface area contributed by atoms with Crippen LogP contribution >= 0.6 is 0 Å². The lowest BCUT2D eigenvalue weighted by Gasteiger charge is -2.34. The van der Waals surface area contributed by atoms with Gasteiger partial charge in [0.25, 0.3) is 5.91 Å². The number of nitrogens with zero attached hydrogens (tertiary/aromatic N) is 1. The molecule has 17 heavy (non-hydrogen) atoms. The SMILES string of the molecule is CC1CCCCN1C(=O)C1CCC(C(=O)O)O1. The number of carbonyl (C=O) groups is 2.